The molecule has 0 saturated carbocycles. The minimum atomic E-state index is -1.04. The Hall–Kier alpha value is -3.25. The Morgan fingerprint density at radius 1 is 1.04 bits per heavy atom. The van der Waals surface area contributed by atoms with Crippen LogP contribution in [0.25, 0.3) is 33.3 Å². The summed E-state index contributed by atoms with van der Waals surface area (Å²) in [6.45, 7) is 3.38. The standard InChI is InChI=1S/C21H15ClO6/c1-9-10(2)21(26)28-19-13(9)7-14-15(8-16(23)24)18(27-20(14)17(19)25)11-3-5-12(22)6-4-11/h3-7,25H,8H2,1-2H3,(H,23,24). The Morgan fingerprint density at radius 2 is 1.68 bits per heavy atom. The molecule has 2 N–H and O–H groups in total. The van der Waals surface area contributed by atoms with Gasteiger partial charge in [0.25, 0.3) is 0 Å². The molecule has 0 aliphatic carbocycles. The van der Waals surface area contributed by atoms with Gasteiger partial charge < -0.3 is 19.0 Å². The second-order valence-electron chi connectivity index (χ2n) is 6.61. The van der Waals surface area contributed by atoms with Gasteiger partial charge in [0.15, 0.2) is 11.2 Å². The van der Waals surface area contributed by atoms with Crippen molar-refractivity contribution in [3.63, 3.8) is 0 Å². The van der Waals surface area contributed by atoms with Crippen LogP contribution in [0.1, 0.15) is 16.7 Å². The number of phenols is 1. The second-order valence-corrected chi connectivity index (χ2v) is 7.04. The third kappa shape index (κ3) is 2.73. The maximum atomic E-state index is 12.0. The van der Waals surface area contributed by atoms with Crippen LogP contribution >= 0.6 is 11.6 Å². The van der Waals surface area contributed by atoms with Gasteiger partial charge in [-0.05, 0) is 49.7 Å². The smallest absolute Gasteiger partial charge is 0.339 e. The number of aliphatic carboxylic acids is 1. The number of benzene rings is 2. The highest BCUT2D eigenvalue weighted by molar-refractivity contribution is 6.30. The highest BCUT2D eigenvalue weighted by Gasteiger charge is 2.24. The van der Waals surface area contributed by atoms with E-state index in [1.54, 1.807) is 44.2 Å². The van der Waals surface area contributed by atoms with Gasteiger partial charge in [0, 0.05) is 32.5 Å². The molecule has 2 heterocycles. The Labute approximate surface area is 163 Å². The van der Waals surface area contributed by atoms with Crippen molar-refractivity contribution in [2.75, 3.05) is 0 Å². The number of carbonyl (C=O) groups is 1. The molecule has 0 aliphatic heterocycles. The first-order valence-electron chi connectivity index (χ1n) is 8.47. The summed E-state index contributed by atoms with van der Waals surface area (Å²) in [5, 5.41) is 21.6. The molecule has 0 unspecified atom stereocenters. The number of phenolic OH excluding ortho intramolecular Hbond substituents is 1. The van der Waals surface area contributed by atoms with Crippen LogP contribution in [0.5, 0.6) is 5.75 Å². The number of hydrogen-bond donors (Lipinski definition) is 2. The molecule has 2 aromatic heterocycles. The van der Waals surface area contributed by atoms with Gasteiger partial charge in [-0.1, -0.05) is 11.6 Å². The molecule has 142 valence electrons. The lowest BCUT2D eigenvalue weighted by molar-refractivity contribution is -0.136. The van der Waals surface area contributed by atoms with E-state index in [4.69, 9.17) is 20.4 Å². The van der Waals surface area contributed by atoms with E-state index in [9.17, 15) is 19.8 Å². The van der Waals surface area contributed by atoms with E-state index in [0.717, 1.165) is 0 Å². The molecule has 0 bridgehead atoms. The number of carboxylic acid groups (broad SMARTS) is 1. The molecule has 4 aromatic rings. The lowest BCUT2D eigenvalue weighted by atomic mass is 9.99. The monoisotopic (exact) mass is 398 g/mol. The summed E-state index contributed by atoms with van der Waals surface area (Å²) in [6, 6.07) is 8.43. The number of rotatable bonds is 3. The van der Waals surface area contributed by atoms with E-state index in [1.165, 1.54) is 0 Å². The first kappa shape index (κ1) is 18.1. The van der Waals surface area contributed by atoms with E-state index in [1.807, 2.05) is 0 Å². The number of aromatic hydroxyl groups is 1. The zero-order valence-corrected chi connectivity index (χ0v) is 15.8. The minimum absolute atomic E-state index is 0.0129. The fourth-order valence-electron chi connectivity index (χ4n) is 3.31. The predicted octanol–water partition coefficient (Wildman–Crippen LogP) is 4.81. The molecule has 4 rings (SSSR count). The van der Waals surface area contributed by atoms with E-state index in [2.05, 4.69) is 0 Å². The van der Waals surface area contributed by atoms with Gasteiger partial charge in [-0.2, -0.15) is 0 Å². The molecule has 7 heteroatoms. The molecular weight excluding hydrogens is 384 g/mol. The number of furan rings is 1. The summed E-state index contributed by atoms with van der Waals surface area (Å²) < 4.78 is 11.1. The summed E-state index contributed by atoms with van der Waals surface area (Å²) in [7, 11) is 0. The van der Waals surface area contributed by atoms with E-state index in [0.29, 0.717) is 43.8 Å². The molecule has 0 amide bonds. The third-order valence-corrected chi connectivity index (χ3v) is 5.17. The number of halogens is 1. The Kier molecular flexibility index (Phi) is 4.16. The van der Waals surface area contributed by atoms with Crippen LogP contribution in [0.4, 0.5) is 0 Å². The minimum Gasteiger partial charge on any atom is -0.502 e. The molecular formula is C21H15ClO6. The molecule has 0 atom stereocenters. The lowest BCUT2D eigenvalue weighted by Crippen LogP contribution is -2.05. The fraction of sp³-hybridized carbons (Fsp3) is 0.143. The van der Waals surface area contributed by atoms with E-state index < -0.39 is 11.6 Å². The Morgan fingerprint density at radius 3 is 2.32 bits per heavy atom. The van der Waals surface area contributed by atoms with Crippen LogP contribution in [0.2, 0.25) is 5.02 Å². The molecule has 28 heavy (non-hydrogen) atoms. The molecule has 0 radical (unpaired) electrons. The summed E-state index contributed by atoms with van der Waals surface area (Å²) in [5.74, 6) is -1.05. The zero-order valence-electron chi connectivity index (χ0n) is 15.0. The zero-order chi connectivity index (χ0) is 20.2. The molecule has 2 aromatic carbocycles. The quantitative estimate of drug-likeness (QED) is 0.480. The van der Waals surface area contributed by atoms with Gasteiger partial charge >= 0.3 is 11.6 Å². The van der Waals surface area contributed by atoms with Crippen molar-refractivity contribution < 1.29 is 23.8 Å². The van der Waals surface area contributed by atoms with Gasteiger partial charge in [-0.3, -0.25) is 4.79 Å². The molecule has 0 spiro atoms. The summed E-state index contributed by atoms with van der Waals surface area (Å²) in [6.07, 6.45) is -0.301. The summed E-state index contributed by atoms with van der Waals surface area (Å²) in [5.41, 5.74) is 1.65. The number of carboxylic acids is 1. The van der Waals surface area contributed by atoms with E-state index in [-0.39, 0.29) is 23.3 Å². The van der Waals surface area contributed by atoms with Gasteiger partial charge in [0.2, 0.25) is 5.75 Å². The van der Waals surface area contributed by atoms with Crippen molar-refractivity contribution in [3.8, 4) is 17.1 Å². The average molecular weight is 399 g/mol. The first-order valence-corrected chi connectivity index (χ1v) is 8.84. The normalized spacial score (nSPS) is 11.4. The molecule has 0 aliphatic rings. The SMILES string of the molecule is Cc1c(C)c2cc3c(CC(=O)O)c(-c4ccc(Cl)cc4)oc3c(O)c2oc1=O. The predicted molar refractivity (Wildman–Crippen MR) is 105 cm³/mol. The molecule has 6 nitrogen and oxygen atoms in total. The van der Waals surface area contributed by atoms with Crippen LogP contribution < -0.4 is 5.63 Å². The second kappa shape index (κ2) is 6.42. The summed E-state index contributed by atoms with van der Waals surface area (Å²) in [4.78, 5) is 23.5. The average Bonchev–Trinajstić information content (AvgIpc) is 3.00. The largest absolute Gasteiger partial charge is 0.502 e. The van der Waals surface area contributed by atoms with Crippen molar-refractivity contribution in [3.05, 3.63) is 62.5 Å². The van der Waals surface area contributed by atoms with Crippen molar-refractivity contribution in [1.29, 1.82) is 0 Å². The maximum absolute atomic E-state index is 12.0. The number of fused-ring (bicyclic) bond motifs is 2. The van der Waals surface area contributed by atoms with Crippen molar-refractivity contribution in [2.24, 2.45) is 0 Å². The van der Waals surface area contributed by atoms with Crippen LogP contribution in [0, 0.1) is 13.8 Å². The van der Waals surface area contributed by atoms with Gasteiger partial charge in [0.05, 0.1) is 6.42 Å². The van der Waals surface area contributed by atoms with Crippen molar-refractivity contribution in [1.82, 2.24) is 0 Å². The molecule has 0 fully saturated rings. The van der Waals surface area contributed by atoms with Gasteiger partial charge in [-0.15, -0.1) is 0 Å². The third-order valence-electron chi connectivity index (χ3n) is 4.91. The van der Waals surface area contributed by atoms with Gasteiger partial charge in [0.1, 0.15) is 5.76 Å². The van der Waals surface area contributed by atoms with Crippen molar-refractivity contribution in [2.45, 2.75) is 20.3 Å². The number of hydrogen-bond acceptors (Lipinski definition) is 5. The fourth-order valence-corrected chi connectivity index (χ4v) is 3.44. The first-order chi connectivity index (χ1) is 13.3. The molecule has 0 saturated heterocycles. The Balaban J connectivity index is 2.14. The summed E-state index contributed by atoms with van der Waals surface area (Å²) >= 11 is 5.94. The highest BCUT2D eigenvalue weighted by atomic mass is 35.5. The Bertz CT molecular complexity index is 1310. The van der Waals surface area contributed by atoms with Crippen molar-refractivity contribution >= 4 is 39.5 Å². The van der Waals surface area contributed by atoms with E-state index >= 15 is 0 Å². The van der Waals surface area contributed by atoms with Gasteiger partial charge in [-0.25, -0.2) is 4.79 Å². The number of aryl methyl sites for hydroxylation is 1. The van der Waals surface area contributed by atoms with Crippen LogP contribution in [-0.4, -0.2) is 16.2 Å². The highest BCUT2D eigenvalue weighted by Crippen LogP contribution is 2.42. The topological polar surface area (TPSA) is 101 Å². The maximum Gasteiger partial charge on any atom is 0.339 e. The van der Waals surface area contributed by atoms with Crippen LogP contribution in [0.15, 0.2) is 44.0 Å². The van der Waals surface area contributed by atoms with Crippen LogP contribution in [-0.2, 0) is 11.2 Å². The van der Waals surface area contributed by atoms with Crippen LogP contribution in [0.3, 0.4) is 0 Å². The lowest BCUT2D eigenvalue weighted by Gasteiger charge is -2.06.